The zero-order valence-electron chi connectivity index (χ0n) is 18.2. The topological polar surface area (TPSA) is 22.1 Å². The number of pyridine rings is 1. The average molecular weight is 354 g/mol. The summed E-state index contributed by atoms with van der Waals surface area (Å²) in [6.45, 7) is 20.2. The van der Waals surface area contributed by atoms with E-state index in [0.717, 1.165) is 17.0 Å². The van der Waals surface area contributed by atoms with E-state index >= 15 is 0 Å². The van der Waals surface area contributed by atoms with E-state index in [1.165, 1.54) is 16.7 Å². The lowest BCUT2D eigenvalue weighted by Crippen LogP contribution is -2.18. The van der Waals surface area contributed by atoms with E-state index in [2.05, 4.69) is 86.6 Å². The molecule has 0 amide bonds. The number of ether oxygens (including phenoxy) is 1. The van der Waals surface area contributed by atoms with Crippen molar-refractivity contribution in [2.45, 2.75) is 78.6 Å². The van der Waals surface area contributed by atoms with Gasteiger partial charge in [0, 0.05) is 17.3 Å². The van der Waals surface area contributed by atoms with Gasteiger partial charge in [0.2, 0.25) is 0 Å². The van der Waals surface area contributed by atoms with Crippen LogP contribution in [-0.2, 0) is 16.2 Å². The molecule has 1 aromatic heterocycles. The highest BCUT2D eigenvalue weighted by atomic mass is 16.5. The second kappa shape index (κ2) is 6.72. The Labute approximate surface area is 160 Å². The third-order valence-corrected chi connectivity index (χ3v) is 4.87. The highest BCUT2D eigenvalue weighted by Gasteiger charge is 2.27. The first-order chi connectivity index (χ1) is 11.7. The lowest BCUT2D eigenvalue weighted by Gasteiger charge is -2.29. The van der Waals surface area contributed by atoms with E-state index in [4.69, 9.17) is 9.72 Å². The van der Waals surface area contributed by atoms with Crippen molar-refractivity contribution in [2.24, 2.45) is 0 Å². The van der Waals surface area contributed by atoms with Crippen LogP contribution in [0.25, 0.3) is 11.3 Å². The van der Waals surface area contributed by atoms with E-state index in [-0.39, 0.29) is 16.2 Å². The summed E-state index contributed by atoms with van der Waals surface area (Å²) in [5.74, 6) is 0.934. The molecule has 0 unspecified atom stereocenters. The molecule has 0 saturated heterocycles. The Hall–Kier alpha value is -1.83. The van der Waals surface area contributed by atoms with Crippen molar-refractivity contribution in [2.75, 3.05) is 7.11 Å². The predicted molar refractivity (Wildman–Crippen MR) is 112 cm³/mol. The first-order valence-corrected chi connectivity index (χ1v) is 9.45. The van der Waals surface area contributed by atoms with Gasteiger partial charge in [-0.3, -0.25) is 4.98 Å². The molecule has 142 valence electrons. The SMILES string of the molecule is COc1c(-c2cc(C(C)(C)C)ccn2)cc(C(C)(C)C)cc1C(C)(C)C. The molecule has 2 aromatic rings. The summed E-state index contributed by atoms with van der Waals surface area (Å²) in [5, 5.41) is 0. The Morgan fingerprint density at radius 1 is 0.731 bits per heavy atom. The predicted octanol–water partition coefficient (Wildman–Crippen LogP) is 6.65. The van der Waals surface area contributed by atoms with Crippen LogP contribution in [0.5, 0.6) is 5.75 Å². The minimum atomic E-state index is -0.0109. The number of nitrogens with zero attached hydrogens (tertiary/aromatic N) is 1. The van der Waals surface area contributed by atoms with Crippen LogP contribution in [0.15, 0.2) is 30.5 Å². The van der Waals surface area contributed by atoms with Crippen LogP contribution in [0.3, 0.4) is 0 Å². The number of benzene rings is 1. The van der Waals surface area contributed by atoms with Crippen LogP contribution in [0, 0.1) is 0 Å². The van der Waals surface area contributed by atoms with E-state index in [0.29, 0.717) is 0 Å². The zero-order valence-corrected chi connectivity index (χ0v) is 18.2. The van der Waals surface area contributed by atoms with Crippen LogP contribution in [0.4, 0.5) is 0 Å². The van der Waals surface area contributed by atoms with Crippen molar-refractivity contribution >= 4 is 0 Å². The maximum Gasteiger partial charge on any atom is 0.131 e. The quantitative estimate of drug-likeness (QED) is 0.603. The van der Waals surface area contributed by atoms with Gasteiger partial charge in [-0.05, 0) is 45.6 Å². The highest BCUT2D eigenvalue weighted by Crippen LogP contribution is 2.42. The van der Waals surface area contributed by atoms with Gasteiger partial charge in [-0.2, -0.15) is 0 Å². The molecule has 0 bridgehead atoms. The summed E-state index contributed by atoms with van der Waals surface area (Å²) in [6, 6.07) is 8.86. The second-order valence-electron chi connectivity index (χ2n) is 10.3. The molecule has 26 heavy (non-hydrogen) atoms. The molecule has 0 aliphatic rings. The van der Waals surface area contributed by atoms with Crippen molar-refractivity contribution in [1.82, 2.24) is 4.98 Å². The van der Waals surface area contributed by atoms with Crippen molar-refractivity contribution in [3.05, 3.63) is 47.2 Å². The van der Waals surface area contributed by atoms with Gasteiger partial charge in [-0.1, -0.05) is 68.4 Å². The molecular formula is C24H35NO. The van der Waals surface area contributed by atoms with Crippen molar-refractivity contribution in [3.8, 4) is 17.0 Å². The standard InChI is InChI=1S/C24H35NO/c1-22(2,3)16-11-12-25-20(15-16)18-13-17(23(4,5)6)14-19(21(18)26-10)24(7,8)9/h11-15H,1-10H3. The van der Waals surface area contributed by atoms with Crippen molar-refractivity contribution in [1.29, 1.82) is 0 Å². The van der Waals surface area contributed by atoms with Crippen LogP contribution < -0.4 is 4.74 Å². The monoisotopic (exact) mass is 353 g/mol. The lowest BCUT2D eigenvalue weighted by atomic mass is 9.78. The molecule has 2 nitrogen and oxygen atoms in total. The van der Waals surface area contributed by atoms with Gasteiger partial charge in [0.25, 0.3) is 0 Å². The fraction of sp³-hybridized carbons (Fsp3) is 0.542. The van der Waals surface area contributed by atoms with Gasteiger partial charge >= 0.3 is 0 Å². The summed E-state index contributed by atoms with van der Waals surface area (Å²) in [7, 11) is 1.76. The molecule has 0 atom stereocenters. The minimum Gasteiger partial charge on any atom is -0.496 e. The van der Waals surface area contributed by atoms with E-state index < -0.39 is 0 Å². The molecule has 0 N–H and O–H groups in total. The molecule has 0 aliphatic heterocycles. The number of methoxy groups -OCH3 is 1. The summed E-state index contributed by atoms with van der Waals surface area (Å²) in [4.78, 5) is 4.70. The number of hydrogen-bond donors (Lipinski definition) is 0. The van der Waals surface area contributed by atoms with Gasteiger partial charge in [0.1, 0.15) is 5.75 Å². The van der Waals surface area contributed by atoms with E-state index in [1.54, 1.807) is 7.11 Å². The molecule has 1 heterocycles. The van der Waals surface area contributed by atoms with Crippen LogP contribution >= 0.6 is 0 Å². The third-order valence-electron chi connectivity index (χ3n) is 4.87. The molecule has 1 aromatic carbocycles. The Balaban J connectivity index is 2.83. The molecule has 0 fully saturated rings. The smallest absolute Gasteiger partial charge is 0.131 e. The van der Waals surface area contributed by atoms with Crippen LogP contribution in [-0.4, -0.2) is 12.1 Å². The first-order valence-electron chi connectivity index (χ1n) is 9.45. The second-order valence-corrected chi connectivity index (χ2v) is 10.3. The fourth-order valence-electron chi connectivity index (χ4n) is 3.07. The minimum absolute atomic E-state index is 0.0109. The van der Waals surface area contributed by atoms with Gasteiger partial charge in [-0.15, -0.1) is 0 Å². The van der Waals surface area contributed by atoms with Crippen LogP contribution in [0.1, 0.15) is 79.0 Å². The zero-order chi connectivity index (χ0) is 19.9. The van der Waals surface area contributed by atoms with E-state index in [9.17, 15) is 0 Å². The normalized spacial score (nSPS) is 13.0. The van der Waals surface area contributed by atoms with Crippen LogP contribution in [0.2, 0.25) is 0 Å². The lowest BCUT2D eigenvalue weighted by molar-refractivity contribution is 0.398. The largest absolute Gasteiger partial charge is 0.496 e. The van der Waals surface area contributed by atoms with E-state index in [1.807, 2.05) is 6.20 Å². The molecule has 0 spiro atoms. The molecule has 0 aliphatic carbocycles. The van der Waals surface area contributed by atoms with Crippen molar-refractivity contribution < 1.29 is 4.74 Å². The molecule has 2 rings (SSSR count). The molecule has 0 radical (unpaired) electrons. The number of aromatic nitrogens is 1. The molecule has 0 saturated carbocycles. The number of rotatable bonds is 2. The average Bonchev–Trinajstić information content (AvgIpc) is 2.51. The first kappa shape index (κ1) is 20.5. The number of hydrogen-bond acceptors (Lipinski definition) is 2. The summed E-state index contributed by atoms with van der Waals surface area (Å²) in [6.07, 6.45) is 1.91. The molecule has 2 heteroatoms. The Kier molecular flexibility index (Phi) is 5.29. The summed E-state index contributed by atoms with van der Waals surface area (Å²) in [5.41, 5.74) is 6.00. The third kappa shape index (κ3) is 4.28. The highest BCUT2D eigenvalue weighted by molar-refractivity contribution is 5.72. The maximum atomic E-state index is 5.91. The summed E-state index contributed by atoms with van der Waals surface area (Å²) < 4.78 is 5.91. The Bertz CT molecular complexity index is 783. The fourth-order valence-corrected chi connectivity index (χ4v) is 3.07. The van der Waals surface area contributed by atoms with Crippen molar-refractivity contribution in [3.63, 3.8) is 0 Å². The Morgan fingerprint density at radius 2 is 1.31 bits per heavy atom. The van der Waals surface area contributed by atoms with Gasteiger partial charge in [-0.25, -0.2) is 0 Å². The van der Waals surface area contributed by atoms with Gasteiger partial charge < -0.3 is 4.74 Å². The van der Waals surface area contributed by atoms with Gasteiger partial charge in [0.15, 0.2) is 0 Å². The maximum absolute atomic E-state index is 5.91. The molecular weight excluding hydrogens is 318 g/mol. The Morgan fingerprint density at radius 3 is 1.77 bits per heavy atom. The van der Waals surface area contributed by atoms with Gasteiger partial charge in [0.05, 0.1) is 12.8 Å². The summed E-state index contributed by atoms with van der Waals surface area (Å²) >= 11 is 0.